The second kappa shape index (κ2) is 4.85. The standard InChI is InChI=1S/C8H5BrClF2NO2/c9-1-3-4(8(14)15)2-13-6(5(3)10)7(11)12/h2,7H,1H2,(H,14,15). The van der Waals surface area contributed by atoms with E-state index in [9.17, 15) is 13.6 Å². The number of hydrogen-bond donors (Lipinski definition) is 1. The van der Waals surface area contributed by atoms with Gasteiger partial charge in [-0.15, -0.1) is 0 Å². The molecule has 0 aliphatic rings. The van der Waals surface area contributed by atoms with Gasteiger partial charge in [0.15, 0.2) is 0 Å². The number of rotatable bonds is 3. The highest BCUT2D eigenvalue weighted by Gasteiger charge is 2.21. The first-order chi connectivity index (χ1) is 6.99. The van der Waals surface area contributed by atoms with E-state index in [-0.39, 0.29) is 21.5 Å². The first kappa shape index (κ1) is 12.3. The molecule has 0 saturated heterocycles. The average Bonchev–Trinajstić information content (AvgIpc) is 2.16. The van der Waals surface area contributed by atoms with Gasteiger partial charge in [0.25, 0.3) is 6.43 Å². The van der Waals surface area contributed by atoms with E-state index in [1.54, 1.807) is 0 Å². The minimum atomic E-state index is -2.82. The molecule has 1 heterocycles. The molecule has 0 atom stereocenters. The first-order valence-electron chi connectivity index (χ1n) is 3.73. The number of carbonyl (C=O) groups is 1. The van der Waals surface area contributed by atoms with Crippen LogP contribution in [0.2, 0.25) is 5.02 Å². The van der Waals surface area contributed by atoms with Gasteiger partial charge in [0.1, 0.15) is 5.69 Å². The number of nitrogens with zero attached hydrogens (tertiary/aromatic N) is 1. The average molecular weight is 300 g/mol. The fourth-order valence-corrected chi connectivity index (χ4v) is 2.05. The molecule has 0 aliphatic carbocycles. The third-order valence-corrected chi connectivity index (χ3v) is 2.70. The van der Waals surface area contributed by atoms with Crippen molar-refractivity contribution in [2.24, 2.45) is 0 Å². The number of hydrogen-bond acceptors (Lipinski definition) is 2. The predicted molar refractivity (Wildman–Crippen MR) is 53.8 cm³/mol. The summed E-state index contributed by atoms with van der Waals surface area (Å²) in [6.45, 7) is 0. The number of aromatic carboxylic acids is 1. The first-order valence-corrected chi connectivity index (χ1v) is 5.23. The zero-order valence-electron chi connectivity index (χ0n) is 7.18. The van der Waals surface area contributed by atoms with Gasteiger partial charge in [-0.25, -0.2) is 13.6 Å². The summed E-state index contributed by atoms with van der Waals surface area (Å²) in [5.74, 6) is -1.25. The molecule has 0 radical (unpaired) electrons. The molecule has 1 N–H and O–H groups in total. The Kier molecular flexibility index (Phi) is 3.98. The highest BCUT2D eigenvalue weighted by molar-refractivity contribution is 9.08. The molecule has 0 aromatic carbocycles. The van der Waals surface area contributed by atoms with Crippen LogP contribution in [0.3, 0.4) is 0 Å². The lowest BCUT2D eigenvalue weighted by molar-refractivity contribution is 0.0694. The van der Waals surface area contributed by atoms with Gasteiger partial charge in [-0.05, 0) is 5.56 Å². The highest BCUT2D eigenvalue weighted by atomic mass is 79.9. The van der Waals surface area contributed by atoms with Gasteiger partial charge >= 0.3 is 5.97 Å². The van der Waals surface area contributed by atoms with Gasteiger partial charge in [0, 0.05) is 11.5 Å². The molecule has 82 valence electrons. The van der Waals surface area contributed by atoms with Crippen LogP contribution < -0.4 is 0 Å². The van der Waals surface area contributed by atoms with Crippen LogP contribution in [0.5, 0.6) is 0 Å². The van der Waals surface area contributed by atoms with E-state index in [4.69, 9.17) is 16.7 Å². The van der Waals surface area contributed by atoms with Crippen LogP contribution in [-0.2, 0) is 5.33 Å². The Morgan fingerprint density at radius 2 is 2.27 bits per heavy atom. The maximum Gasteiger partial charge on any atom is 0.337 e. The number of carboxylic acid groups (broad SMARTS) is 1. The zero-order chi connectivity index (χ0) is 11.6. The number of halogens is 4. The zero-order valence-corrected chi connectivity index (χ0v) is 9.52. The Balaban J connectivity index is 3.39. The Labute approximate surface area is 97.2 Å². The Hall–Kier alpha value is -0.750. The molecular weight excluding hydrogens is 295 g/mol. The van der Waals surface area contributed by atoms with Gasteiger partial charge in [0.05, 0.1) is 10.6 Å². The molecule has 0 spiro atoms. The summed E-state index contributed by atoms with van der Waals surface area (Å²) in [6.07, 6.45) is -1.94. The lowest BCUT2D eigenvalue weighted by Crippen LogP contribution is -2.06. The third-order valence-electron chi connectivity index (χ3n) is 1.72. The van der Waals surface area contributed by atoms with Crippen LogP contribution in [0, 0.1) is 0 Å². The van der Waals surface area contributed by atoms with E-state index in [1.165, 1.54) is 0 Å². The van der Waals surface area contributed by atoms with Crippen molar-refractivity contribution in [3.63, 3.8) is 0 Å². The van der Waals surface area contributed by atoms with Crippen molar-refractivity contribution < 1.29 is 18.7 Å². The van der Waals surface area contributed by atoms with Crippen LogP contribution in [0.1, 0.15) is 28.0 Å². The summed E-state index contributed by atoms with van der Waals surface area (Å²) in [5, 5.41) is 8.52. The van der Waals surface area contributed by atoms with Gasteiger partial charge in [-0.3, -0.25) is 4.98 Å². The fourth-order valence-electron chi connectivity index (χ4n) is 1.01. The maximum atomic E-state index is 12.4. The van der Waals surface area contributed by atoms with Crippen molar-refractivity contribution in [1.82, 2.24) is 4.98 Å². The largest absolute Gasteiger partial charge is 0.478 e. The summed E-state index contributed by atoms with van der Waals surface area (Å²) < 4.78 is 24.7. The van der Waals surface area contributed by atoms with E-state index in [2.05, 4.69) is 20.9 Å². The Morgan fingerprint density at radius 1 is 1.67 bits per heavy atom. The van der Waals surface area contributed by atoms with Crippen LogP contribution >= 0.6 is 27.5 Å². The Bertz CT molecular complexity index is 400. The topological polar surface area (TPSA) is 50.2 Å². The van der Waals surface area contributed by atoms with Crippen molar-refractivity contribution in [3.8, 4) is 0 Å². The Morgan fingerprint density at radius 3 is 2.67 bits per heavy atom. The second-order valence-electron chi connectivity index (χ2n) is 2.59. The molecule has 0 fully saturated rings. The normalized spacial score (nSPS) is 10.7. The quantitative estimate of drug-likeness (QED) is 0.872. The van der Waals surface area contributed by atoms with E-state index in [0.717, 1.165) is 6.20 Å². The van der Waals surface area contributed by atoms with E-state index >= 15 is 0 Å². The lowest BCUT2D eigenvalue weighted by Gasteiger charge is -2.08. The minimum Gasteiger partial charge on any atom is -0.478 e. The summed E-state index contributed by atoms with van der Waals surface area (Å²) in [7, 11) is 0. The maximum absolute atomic E-state index is 12.4. The van der Waals surface area contributed by atoms with Crippen molar-refractivity contribution in [2.75, 3.05) is 0 Å². The summed E-state index contributed by atoms with van der Waals surface area (Å²) in [5.41, 5.74) is -0.674. The lowest BCUT2D eigenvalue weighted by atomic mass is 10.1. The van der Waals surface area contributed by atoms with E-state index in [1.807, 2.05) is 0 Å². The van der Waals surface area contributed by atoms with Gasteiger partial charge in [0.2, 0.25) is 0 Å². The van der Waals surface area contributed by atoms with E-state index in [0.29, 0.717) is 0 Å². The highest BCUT2D eigenvalue weighted by Crippen LogP contribution is 2.31. The molecule has 1 aromatic rings. The molecule has 3 nitrogen and oxygen atoms in total. The monoisotopic (exact) mass is 299 g/mol. The van der Waals surface area contributed by atoms with Gasteiger partial charge in [-0.1, -0.05) is 27.5 Å². The molecular formula is C8H5BrClF2NO2. The molecule has 1 rings (SSSR count). The molecule has 1 aromatic heterocycles. The summed E-state index contributed by atoms with van der Waals surface area (Å²) in [4.78, 5) is 14.0. The van der Waals surface area contributed by atoms with Crippen LogP contribution in [0.25, 0.3) is 0 Å². The molecule has 0 aliphatic heterocycles. The smallest absolute Gasteiger partial charge is 0.337 e. The number of aromatic nitrogens is 1. The second-order valence-corrected chi connectivity index (χ2v) is 3.53. The van der Waals surface area contributed by atoms with Crippen molar-refractivity contribution in [2.45, 2.75) is 11.8 Å². The number of alkyl halides is 3. The fraction of sp³-hybridized carbons (Fsp3) is 0.250. The van der Waals surface area contributed by atoms with Crippen LogP contribution in [0.4, 0.5) is 8.78 Å². The summed E-state index contributed by atoms with van der Waals surface area (Å²) >= 11 is 8.61. The predicted octanol–water partition coefficient (Wildman–Crippen LogP) is 3.27. The van der Waals surface area contributed by atoms with E-state index < -0.39 is 18.1 Å². The molecule has 0 unspecified atom stereocenters. The molecule has 0 saturated carbocycles. The third kappa shape index (κ3) is 2.43. The van der Waals surface area contributed by atoms with Crippen molar-refractivity contribution in [1.29, 1.82) is 0 Å². The minimum absolute atomic E-state index is 0.0791. The van der Waals surface area contributed by atoms with Gasteiger partial charge in [-0.2, -0.15) is 0 Å². The van der Waals surface area contributed by atoms with Gasteiger partial charge < -0.3 is 5.11 Å². The van der Waals surface area contributed by atoms with Crippen molar-refractivity contribution >= 4 is 33.5 Å². The van der Waals surface area contributed by atoms with Crippen LogP contribution in [0.15, 0.2) is 6.20 Å². The molecule has 0 amide bonds. The molecule has 0 bridgehead atoms. The molecule has 7 heteroatoms. The van der Waals surface area contributed by atoms with Crippen molar-refractivity contribution in [3.05, 3.63) is 28.0 Å². The van der Waals surface area contributed by atoms with Crippen LogP contribution in [-0.4, -0.2) is 16.1 Å². The summed E-state index contributed by atoms with van der Waals surface area (Å²) in [6, 6.07) is 0. The number of carboxylic acids is 1. The SMILES string of the molecule is O=C(O)c1cnc(C(F)F)c(Cl)c1CBr. The number of pyridine rings is 1. The molecule has 15 heavy (non-hydrogen) atoms.